The molecule has 0 aliphatic carbocycles. The van der Waals surface area contributed by atoms with Crippen molar-refractivity contribution in [3.05, 3.63) is 36.0 Å². The third kappa shape index (κ3) is 8.22. The van der Waals surface area contributed by atoms with Crippen molar-refractivity contribution in [3.8, 4) is 0 Å². The Labute approximate surface area is 89.8 Å². The van der Waals surface area contributed by atoms with Gasteiger partial charge in [0.2, 0.25) is 0 Å². The van der Waals surface area contributed by atoms with Gasteiger partial charge in [0.05, 0.1) is 0 Å². The van der Waals surface area contributed by atoms with Crippen molar-refractivity contribution in [2.45, 2.75) is 20.3 Å². The van der Waals surface area contributed by atoms with Crippen LogP contribution in [-0.4, -0.2) is 19.9 Å². The van der Waals surface area contributed by atoms with E-state index >= 15 is 0 Å². The molecule has 0 saturated carbocycles. The van der Waals surface area contributed by atoms with Gasteiger partial charge >= 0.3 is 0 Å². The Morgan fingerprint density at radius 2 is 2.07 bits per heavy atom. The summed E-state index contributed by atoms with van der Waals surface area (Å²) in [4.78, 5) is 0. The number of rotatable bonds is 6. The van der Waals surface area contributed by atoms with Crippen molar-refractivity contribution in [3.63, 3.8) is 0 Å². The Kier molecular flexibility index (Phi) is 7.74. The molecule has 0 atom stereocenters. The minimum Gasteiger partial charge on any atom is -0.292 e. The fourth-order valence-electron chi connectivity index (χ4n) is 0.978. The summed E-state index contributed by atoms with van der Waals surface area (Å²) in [7, 11) is -0.0112. The van der Waals surface area contributed by atoms with Crippen molar-refractivity contribution < 1.29 is 0 Å². The van der Waals surface area contributed by atoms with E-state index in [0.29, 0.717) is 0 Å². The molecule has 0 aliphatic heterocycles. The smallest absolute Gasteiger partial charge is 0.0201 e. The first-order valence-corrected chi connectivity index (χ1v) is 7.16. The van der Waals surface area contributed by atoms with Gasteiger partial charge in [-0.3, -0.25) is 5.09 Å². The lowest BCUT2D eigenvalue weighted by atomic mass is 10.1. The topological polar surface area (TPSA) is 12.0 Å². The van der Waals surface area contributed by atoms with E-state index in [1.807, 2.05) is 6.92 Å². The molecule has 0 aromatic rings. The molecule has 1 nitrogen and oxygen atoms in total. The van der Waals surface area contributed by atoms with Gasteiger partial charge in [-0.15, -0.1) is 0 Å². The predicted molar refractivity (Wildman–Crippen MR) is 69.1 cm³/mol. The van der Waals surface area contributed by atoms with E-state index in [2.05, 4.69) is 50.1 Å². The first-order valence-electron chi connectivity index (χ1n) is 4.93. The number of nitrogens with one attached hydrogen (secondary N) is 1. The van der Waals surface area contributed by atoms with Crippen molar-refractivity contribution in [2.75, 3.05) is 19.9 Å². The Bertz CT molecular complexity index is 226. The van der Waals surface area contributed by atoms with Gasteiger partial charge in [-0.25, -0.2) is 0 Å². The van der Waals surface area contributed by atoms with Gasteiger partial charge in [-0.1, -0.05) is 36.0 Å². The van der Waals surface area contributed by atoms with Gasteiger partial charge in [0.15, 0.2) is 0 Å². The fourth-order valence-corrected chi connectivity index (χ4v) is 1.52. The van der Waals surface area contributed by atoms with Crippen LogP contribution in [0.25, 0.3) is 0 Å². The van der Waals surface area contributed by atoms with Crippen LogP contribution in [0.5, 0.6) is 0 Å². The van der Waals surface area contributed by atoms with E-state index in [0.717, 1.165) is 13.0 Å². The van der Waals surface area contributed by atoms with Crippen molar-refractivity contribution in [1.29, 1.82) is 0 Å². The Hall–Kier alpha value is -0.390. The molecule has 0 radical (unpaired) electrons. The average molecular weight is 211 g/mol. The molecule has 1 N–H and O–H groups in total. The van der Waals surface area contributed by atoms with Gasteiger partial charge < -0.3 is 0 Å². The lowest BCUT2D eigenvalue weighted by Crippen LogP contribution is -2.09. The summed E-state index contributed by atoms with van der Waals surface area (Å²) in [6, 6.07) is 0. The van der Waals surface area contributed by atoms with E-state index in [4.69, 9.17) is 0 Å². The summed E-state index contributed by atoms with van der Waals surface area (Å²) in [6.45, 7) is 13.6. The number of hydrogen-bond donors (Lipinski definition) is 1. The summed E-state index contributed by atoms with van der Waals surface area (Å²) >= 11 is 0. The molecule has 14 heavy (non-hydrogen) atoms. The summed E-state index contributed by atoms with van der Waals surface area (Å²) in [5, 5.41) is 3.42. The first-order chi connectivity index (χ1) is 6.56. The highest BCUT2D eigenvalue weighted by Gasteiger charge is 1.94. The van der Waals surface area contributed by atoms with E-state index in [-0.39, 0.29) is 8.07 Å². The van der Waals surface area contributed by atoms with Crippen molar-refractivity contribution >= 4 is 8.07 Å². The van der Waals surface area contributed by atoms with E-state index < -0.39 is 0 Å². The van der Waals surface area contributed by atoms with Crippen molar-refractivity contribution in [2.24, 2.45) is 0 Å². The minimum atomic E-state index is -0.0112. The number of hydrogen-bond acceptors (Lipinski definition) is 1. The van der Waals surface area contributed by atoms with Crippen LogP contribution in [0.3, 0.4) is 0 Å². The minimum absolute atomic E-state index is 0.0112. The molecule has 80 valence electrons. The van der Waals surface area contributed by atoms with Crippen LogP contribution in [0.4, 0.5) is 0 Å². The lowest BCUT2D eigenvalue weighted by molar-refractivity contribution is 0.994. The average Bonchev–Trinajstić information content (AvgIpc) is 2.12. The zero-order valence-electron chi connectivity index (χ0n) is 9.80. The largest absolute Gasteiger partial charge is 0.292 e. The monoisotopic (exact) mass is 211 g/mol. The second-order valence-corrected chi connectivity index (χ2v) is 5.74. The highest BCUT2D eigenvalue weighted by atomic mass is 31.1. The summed E-state index contributed by atoms with van der Waals surface area (Å²) in [6.07, 6.45) is 7.38. The second kappa shape index (κ2) is 7.96. The van der Waals surface area contributed by atoms with Gasteiger partial charge in [0.25, 0.3) is 0 Å². The molecular weight excluding hydrogens is 189 g/mol. The summed E-state index contributed by atoms with van der Waals surface area (Å²) in [5.74, 6) is 0. The van der Waals surface area contributed by atoms with Crippen LogP contribution in [0.2, 0.25) is 0 Å². The predicted octanol–water partition coefficient (Wildman–Crippen LogP) is 3.70. The fraction of sp³-hybridized carbons (Fsp3) is 0.500. The third-order valence-electron chi connectivity index (χ3n) is 1.79. The molecule has 0 fully saturated rings. The molecule has 0 saturated heterocycles. The highest BCUT2D eigenvalue weighted by molar-refractivity contribution is 7.53. The molecular formula is C12H22NP. The first kappa shape index (κ1) is 13.6. The molecule has 0 aliphatic rings. The molecule has 0 bridgehead atoms. The summed E-state index contributed by atoms with van der Waals surface area (Å²) in [5.41, 5.74) is 2.56. The lowest BCUT2D eigenvalue weighted by Gasteiger charge is -2.09. The maximum atomic E-state index is 4.04. The van der Waals surface area contributed by atoms with Crippen LogP contribution in [-0.2, 0) is 0 Å². The second-order valence-electron chi connectivity index (χ2n) is 3.63. The Morgan fingerprint density at radius 3 is 2.57 bits per heavy atom. The highest BCUT2D eigenvalue weighted by Crippen LogP contribution is 2.17. The van der Waals surface area contributed by atoms with Gasteiger partial charge in [0, 0.05) is 6.54 Å². The van der Waals surface area contributed by atoms with Crippen LogP contribution in [0, 0.1) is 0 Å². The molecule has 0 unspecified atom stereocenters. The van der Waals surface area contributed by atoms with E-state index in [1.54, 1.807) is 0 Å². The van der Waals surface area contributed by atoms with Crippen LogP contribution < -0.4 is 5.09 Å². The molecule has 0 spiro atoms. The Morgan fingerprint density at radius 1 is 1.43 bits per heavy atom. The quantitative estimate of drug-likeness (QED) is 0.401. The van der Waals surface area contributed by atoms with Crippen LogP contribution >= 0.6 is 8.07 Å². The maximum Gasteiger partial charge on any atom is 0.0201 e. The van der Waals surface area contributed by atoms with Crippen molar-refractivity contribution in [1.82, 2.24) is 5.09 Å². The molecule has 0 amide bonds. The molecule has 0 aromatic heterocycles. The molecule has 0 rings (SSSR count). The van der Waals surface area contributed by atoms with E-state index in [9.17, 15) is 0 Å². The molecule has 0 aromatic carbocycles. The standard InChI is InChI=1S/C12H22NP/c1-6-7-11(2)8-9-12(3)10-13-14(4)5/h6-8,13H,3,9-10H2,1-2,4-5H3/b7-6+,11-8-. The Balaban J connectivity index is 3.78. The zero-order chi connectivity index (χ0) is 11.0. The van der Waals surface area contributed by atoms with Crippen LogP contribution in [0.1, 0.15) is 20.3 Å². The summed E-state index contributed by atoms with van der Waals surface area (Å²) < 4.78 is 0. The SMILES string of the molecule is C=C(C/C=C(C)\C=C\C)CNP(C)C. The maximum absolute atomic E-state index is 4.04. The molecule has 0 heterocycles. The molecule has 2 heteroatoms. The zero-order valence-corrected chi connectivity index (χ0v) is 10.7. The van der Waals surface area contributed by atoms with Gasteiger partial charge in [0.1, 0.15) is 0 Å². The van der Waals surface area contributed by atoms with Crippen LogP contribution in [0.15, 0.2) is 36.0 Å². The number of allylic oxidation sites excluding steroid dienone is 4. The van der Waals surface area contributed by atoms with Gasteiger partial charge in [-0.2, -0.15) is 0 Å². The van der Waals surface area contributed by atoms with Gasteiger partial charge in [-0.05, 0) is 41.7 Å². The third-order valence-corrected chi connectivity index (χ3v) is 2.58. The van der Waals surface area contributed by atoms with E-state index in [1.165, 1.54) is 11.1 Å². The normalized spacial score (nSPS) is 12.8.